The Labute approximate surface area is 115 Å². The molecule has 0 saturated heterocycles. The molecule has 1 N–H and O–H groups in total. The third-order valence-corrected chi connectivity index (χ3v) is 3.79. The van der Waals surface area contributed by atoms with Gasteiger partial charge in [0, 0.05) is 6.04 Å². The summed E-state index contributed by atoms with van der Waals surface area (Å²) >= 11 is 0. The lowest BCUT2D eigenvalue weighted by molar-refractivity contribution is 0.134. The van der Waals surface area contributed by atoms with Gasteiger partial charge < -0.3 is 10.1 Å². The number of nitrogens with one attached hydrogen (secondary N) is 1. The molecule has 2 unspecified atom stereocenters. The Hall–Kier alpha value is -1.51. The van der Waals surface area contributed by atoms with Crippen LogP contribution in [0.5, 0.6) is 0 Å². The molecule has 0 radical (unpaired) electrons. The van der Waals surface area contributed by atoms with Crippen molar-refractivity contribution in [3.05, 3.63) is 35.9 Å². The maximum atomic E-state index is 11.7. The minimum Gasteiger partial charge on any atom is -0.445 e. The van der Waals surface area contributed by atoms with Crippen LogP contribution in [0.1, 0.15) is 44.6 Å². The molecule has 1 aliphatic rings. The van der Waals surface area contributed by atoms with E-state index in [1.807, 2.05) is 30.3 Å². The monoisotopic (exact) mass is 261 g/mol. The van der Waals surface area contributed by atoms with E-state index in [2.05, 4.69) is 12.2 Å². The van der Waals surface area contributed by atoms with Gasteiger partial charge in [-0.25, -0.2) is 4.79 Å². The topological polar surface area (TPSA) is 38.3 Å². The highest BCUT2D eigenvalue weighted by atomic mass is 16.5. The lowest BCUT2D eigenvalue weighted by atomic mass is 10.0. The lowest BCUT2D eigenvalue weighted by Gasteiger charge is -2.16. The first kappa shape index (κ1) is 13.9. The van der Waals surface area contributed by atoms with E-state index in [4.69, 9.17) is 4.74 Å². The van der Waals surface area contributed by atoms with Crippen LogP contribution in [0, 0.1) is 5.92 Å². The fourth-order valence-electron chi connectivity index (χ4n) is 2.56. The van der Waals surface area contributed by atoms with E-state index in [1.54, 1.807) is 0 Å². The molecular weight excluding hydrogens is 238 g/mol. The Morgan fingerprint density at radius 1 is 1.21 bits per heavy atom. The highest BCUT2D eigenvalue weighted by Crippen LogP contribution is 2.22. The molecule has 2 atom stereocenters. The van der Waals surface area contributed by atoms with Gasteiger partial charge in [-0.15, -0.1) is 0 Å². The number of ether oxygens (including phenoxy) is 1. The fourth-order valence-corrected chi connectivity index (χ4v) is 2.56. The summed E-state index contributed by atoms with van der Waals surface area (Å²) in [5, 5.41) is 2.99. The van der Waals surface area contributed by atoms with Crippen molar-refractivity contribution < 1.29 is 9.53 Å². The van der Waals surface area contributed by atoms with Crippen molar-refractivity contribution in [3.63, 3.8) is 0 Å². The molecular formula is C16H23NO2. The molecule has 1 aliphatic carbocycles. The quantitative estimate of drug-likeness (QED) is 0.838. The second-order valence-corrected chi connectivity index (χ2v) is 5.52. The van der Waals surface area contributed by atoms with E-state index in [0.29, 0.717) is 6.61 Å². The summed E-state index contributed by atoms with van der Waals surface area (Å²) in [5.41, 5.74) is 1.02. The molecule has 1 fully saturated rings. The molecule has 1 aromatic carbocycles. The summed E-state index contributed by atoms with van der Waals surface area (Å²) in [6, 6.07) is 10.1. The summed E-state index contributed by atoms with van der Waals surface area (Å²) in [6.07, 6.45) is 5.53. The Morgan fingerprint density at radius 3 is 2.79 bits per heavy atom. The standard InChI is InChI=1S/C16H23NO2/c1-13-6-5-9-15(11-10-13)17-16(18)19-12-14-7-3-2-4-8-14/h2-4,7-8,13,15H,5-6,9-12H2,1H3,(H,17,18). The van der Waals surface area contributed by atoms with Gasteiger partial charge in [-0.05, 0) is 30.7 Å². The van der Waals surface area contributed by atoms with Crippen LogP contribution in [0.4, 0.5) is 4.79 Å². The third-order valence-electron chi connectivity index (χ3n) is 3.79. The van der Waals surface area contributed by atoms with E-state index in [0.717, 1.165) is 24.3 Å². The van der Waals surface area contributed by atoms with Crippen molar-refractivity contribution in [2.75, 3.05) is 0 Å². The predicted molar refractivity (Wildman–Crippen MR) is 75.8 cm³/mol. The number of carbonyl (C=O) groups is 1. The molecule has 3 heteroatoms. The number of benzene rings is 1. The average molecular weight is 261 g/mol. The predicted octanol–water partition coefficient (Wildman–Crippen LogP) is 3.88. The van der Waals surface area contributed by atoms with Crippen molar-refractivity contribution in [1.82, 2.24) is 5.32 Å². The van der Waals surface area contributed by atoms with Crippen LogP contribution in [-0.2, 0) is 11.3 Å². The van der Waals surface area contributed by atoms with Gasteiger partial charge in [-0.1, -0.05) is 50.1 Å². The van der Waals surface area contributed by atoms with Crippen LogP contribution in [0.25, 0.3) is 0 Å². The zero-order chi connectivity index (χ0) is 13.5. The molecule has 0 heterocycles. The molecule has 19 heavy (non-hydrogen) atoms. The van der Waals surface area contributed by atoms with Crippen molar-refractivity contribution in [2.24, 2.45) is 5.92 Å². The summed E-state index contributed by atoms with van der Waals surface area (Å²) in [7, 11) is 0. The third kappa shape index (κ3) is 4.93. The summed E-state index contributed by atoms with van der Waals surface area (Å²) in [5.74, 6) is 0.784. The van der Waals surface area contributed by atoms with E-state index in [-0.39, 0.29) is 12.1 Å². The minimum atomic E-state index is -0.289. The largest absolute Gasteiger partial charge is 0.445 e. The summed E-state index contributed by atoms with van der Waals surface area (Å²) < 4.78 is 5.25. The van der Waals surface area contributed by atoms with E-state index < -0.39 is 0 Å². The van der Waals surface area contributed by atoms with E-state index in [1.165, 1.54) is 19.3 Å². The minimum absolute atomic E-state index is 0.285. The first-order chi connectivity index (χ1) is 9.24. The van der Waals surface area contributed by atoms with Crippen molar-refractivity contribution in [1.29, 1.82) is 0 Å². The van der Waals surface area contributed by atoms with Crippen LogP contribution >= 0.6 is 0 Å². The number of alkyl carbamates (subject to hydrolysis) is 1. The van der Waals surface area contributed by atoms with Gasteiger partial charge in [-0.2, -0.15) is 0 Å². The zero-order valence-electron chi connectivity index (χ0n) is 11.6. The van der Waals surface area contributed by atoms with Crippen molar-refractivity contribution in [2.45, 2.75) is 51.7 Å². The highest BCUT2D eigenvalue weighted by Gasteiger charge is 2.18. The van der Waals surface area contributed by atoms with E-state index >= 15 is 0 Å². The van der Waals surface area contributed by atoms with Gasteiger partial charge in [0.2, 0.25) is 0 Å². The second-order valence-electron chi connectivity index (χ2n) is 5.52. The van der Waals surface area contributed by atoms with Crippen LogP contribution in [0.3, 0.4) is 0 Å². The molecule has 1 saturated carbocycles. The maximum Gasteiger partial charge on any atom is 0.407 e. The van der Waals surface area contributed by atoms with Gasteiger partial charge in [0.25, 0.3) is 0 Å². The SMILES string of the molecule is CC1CCCC(NC(=O)OCc2ccccc2)CC1. The molecule has 104 valence electrons. The highest BCUT2D eigenvalue weighted by molar-refractivity contribution is 5.67. The number of carbonyl (C=O) groups excluding carboxylic acids is 1. The van der Waals surface area contributed by atoms with Gasteiger partial charge >= 0.3 is 6.09 Å². The number of hydrogen-bond acceptors (Lipinski definition) is 2. The first-order valence-corrected chi connectivity index (χ1v) is 7.21. The Bertz CT molecular complexity index is 391. The van der Waals surface area contributed by atoms with Gasteiger partial charge in [0.05, 0.1) is 0 Å². The molecule has 0 bridgehead atoms. The smallest absolute Gasteiger partial charge is 0.407 e. The number of rotatable bonds is 3. The van der Waals surface area contributed by atoms with Crippen LogP contribution in [0.2, 0.25) is 0 Å². The molecule has 1 aromatic rings. The molecule has 0 spiro atoms. The van der Waals surface area contributed by atoms with Crippen LogP contribution in [0.15, 0.2) is 30.3 Å². The second kappa shape index (κ2) is 7.17. The first-order valence-electron chi connectivity index (χ1n) is 7.21. The Balaban J connectivity index is 1.72. The van der Waals surface area contributed by atoms with Crippen LogP contribution < -0.4 is 5.32 Å². The Kier molecular flexibility index (Phi) is 5.25. The number of hydrogen-bond donors (Lipinski definition) is 1. The maximum absolute atomic E-state index is 11.7. The van der Waals surface area contributed by atoms with Gasteiger partial charge in [0.15, 0.2) is 0 Å². The molecule has 0 aliphatic heterocycles. The fraction of sp³-hybridized carbons (Fsp3) is 0.562. The van der Waals surface area contributed by atoms with Gasteiger partial charge in [0.1, 0.15) is 6.61 Å². The van der Waals surface area contributed by atoms with Crippen molar-refractivity contribution >= 4 is 6.09 Å². The zero-order valence-corrected chi connectivity index (χ0v) is 11.6. The summed E-state index contributed by atoms with van der Waals surface area (Å²) in [6.45, 7) is 2.63. The van der Waals surface area contributed by atoms with Gasteiger partial charge in [-0.3, -0.25) is 0 Å². The van der Waals surface area contributed by atoms with E-state index in [9.17, 15) is 4.79 Å². The number of amides is 1. The molecule has 3 nitrogen and oxygen atoms in total. The normalized spacial score (nSPS) is 23.4. The average Bonchev–Trinajstić information content (AvgIpc) is 2.63. The Morgan fingerprint density at radius 2 is 2.00 bits per heavy atom. The van der Waals surface area contributed by atoms with Crippen LogP contribution in [-0.4, -0.2) is 12.1 Å². The molecule has 2 rings (SSSR count). The summed E-state index contributed by atoms with van der Waals surface area (Å²) in [4.78, 5) is 11.7. The van der Waals surface area contributed by atoms with Crippen molar-refractivity contribution in [3.8, 4) is 0 Å². The molecule has 1 amide bonds. The molecule has 0 aromatic heterocycles. The lowest BCUT2D eigenvalue weighted by Crippen LogP contribution is -2.34.